The highest BCUT2D eigenvalue weighted by atomic mass is 16.4. The molecule has 1 aromatic rings. The predicted molar refractivity (Wildman–Crippen MR) is 58.8 cm³/mol. The van der Waals surface area contributed by atoms with Crippen LogP contribution < -0.4 is 5.32 Å². The molecular weight excluding hydrogens is 204 g/mol. The normalized spacial score (nSPS) is 29.8. The molecule has 0 aromatic carbocycles. The number of aromatic nitrogens is 2. The minimum absolute atomic E-state index is 0.746. The van der Waals surface area contributed by atoms with Gasteiger partial charge in [-0.15, -0.1) is 10.2 Å². The second-order valence-corrected chi connectivity index (χ2v) is 4.82. The quantitative estimate of drug-likeness (QED) is 0.796. The molecule has 3 rings (SSSR count). The predicted octanol–water partition coefficient (Wildman–Crippen LogP) is 0.283. The number of nitrogens with one attached hydrogen (secondary N) is 1. The van der Waals surface area contributed by atoms with Crippen LogP contribution in [0.15, 0.2) is 4.42 Å². The fraction of sp³-hybridized carbons (Fsp3) is 0.818. The van der Waals surface area contributed by atoms with Crippen molar-refractivity contribution in [3.05, 3.63) is 11.8 Å². The number of aryl methyl sites for hydroxylation is 1. The molecule has 16 heavy (non-hydrogen) atoms. The Balaban J connectivity index is 1.59. The molecule has 2 atom stereocenters. The second kappa shape index (κ2) is 4.14. The minimum Gasteiger partial charge on any atom is -0.424 e. The maximum atomic E-state index is 5.54. The zero-order chi connectivity index (χ0) is 11.0. The lowest BCUT2D eigenvalue weighted by atomic mass is 10.0. The van der Waals surface area contributed by atoms with Crippen LogP contribution in [0.4, 0.5) is 0 Å². The zero-order valence-corrected chi connectivity index (χ0v) is 9.65. The summed E-state index contributed by atoms with van der Waals surface area (Å²) in [6.45, 7) is 7.53. The van der Waals surface area contributed by atoms with Crippen molar-refractivity contribution in [2.45, 2.75) is 19.9 Å². The van der Waals surface area contributed by atoms with Gasteiger partial charge in [-0.05, 0) is 24.9 Å². The van der Waals surface area contributed by atoms with Gasteiger partial charge in [0.05, 0.1) is 6.54 Å². The topological polar surface area (TPSA) is 54.2 Å². The number of nitrogens with zero attached hydrogens (tertiary/aromatic N) is 3. The van der Waals surface area contributed by atoms with E-state index in [1.165, 1.54) is 26.2 Å². The van der Waals surface area contributed by atoms with Crippen LogP contribution in [0.1, 0.15) is 18.7 Å². The lowest BCUT2D eigenvalue weighted by molar-refractivity contribution is 0.268. The van der Waals surface area contributed by atoms with Gasteiger partial charge in [0.2, 0.25) is 11.8 Å². The van der Waals surface area contributed by atoms with Crippen LogP contribution in [-0.4, -0.2) is 41.3 Å². The fourth-order valence-electron chi connectivity index (χ4n) is 2.77. The van der Waals surface area contributed by atoms with Crippen LogP contribution in [-0.2, 0) is 13.0 Å². The average molecular weight is 222 g/mol. The summed E-state index contributed by atoms with van der Waals surface area (Å²) in [6, 6.07) is 0. The molecule has 3 heterocycles. The van der Waals surface area contributed by atoms with Gasteiger partial charge in [-0.3, -0.25) is 4.90 Å². The van der Waals surface area contributed by atoms with E-state index in [0.29, 0.717) is 0 Å². The third-order valence-electron chi connectivity index (χ3n) is 3.64. The number of hydrogen-bond donors (Lipinski definition) is 1. The average Bonchev–Trinajstić information content (AvgIpc) is 2.92. The molecule has 0 aliphatic carbocycles. The van der Waals surface area contributed by atoms with Crippen molar-refractivity contribution < 1.29 is 4.42 Å². The van der Waals surface area contributed by atoms with Crippen molar-refractivity contribution in [3.8, 4) is 0 Å². The molecule has 88 valence electrons. The van der Waals surface area contributed by atoms with E-state index in [4.69, 9.17) is 4.42 Å². The molecule has 2 unspecified atom stereocenters. The molecule has 0 amide bonds. The second-order valence-electron chi connectivity index (χ2n) is 4.82. The minimum atomic E-state index is 0.746. The summed E-state index contributed by atoms with van der Waals surface area (Å²) in [5.41, 5.74) is 0. The molecule has 1 aromatic heterocycles. The van der Waals surface area contributed by atoms with Gasteiger partial charge in [0.15, 0.2) is 0 Å². The van der Waals surface area contributed by atoms with Crippen LogP contribution in [0.3, 0.4) is 0 Å². The third kappa shape index (κ3) is 1.85. The van der Waals surface area contributed by atoms with Crippen LogP contribution in [0.2, 0.25) is 0 Å². The molecule has 2 saturated heterocycles. The molecule has 0 spiro atoms. The first-order valence-electron chi connectivity index (χ1n) is 6.09. The lowest BCUT2D eigenvalue weighted by Gasteiger charge is -2.13. The Morgan fingerprint density at radius 3 is 2.56 bits per heavy atom. The van der Waals surface area contributed by atoms with E-state index in [1.807, 2.05) is 6.92 Å². The largest absolute Gasteiger partial charge is 0.424 e. The SMILES string of the molecule is CCc1nnc(CN2CC3CNCC3C2)o1. The van der Waals surface area contributed by atoms with Crippen LogP contribution in [0.25, 0.3) is 0 Å². The highest BCUT2D eigenvalue weighted by molar-refractivity contribution is 4.92. The van der Waals surface area contributed by atoms with E-state index in [0.717, 1.165) is 36.6 Å². The van der Waals surface area contributed by atoms with Crippen molar-refractivity contribution >= 4 is 0 Å². The van der Waals surface area contributed by atoms with Crippen molar-refractivity contribution in [2.24, 2.45) is 11.8 Å². The molecule has 0 saturated carbocycles. The highest BCUT2D eigenvalue weighted by Crippen LogP contribution is 2.27. The summed E-state index contributed by atoms with van der Waals surface area (Å²) in [5, 5.41) is 11.5. The summed E-state index contributed by atoms with van der Waals surface area (Å²) >= 11 is 0. The molecule has 0 radical (unpaired) electrons. The van der Waals surface area contributed by atoms with Gasteiger partial charge in [-0.2, -0.15) is 0 Å². The van der Waals surface area contributed by atoms with Gasteiger partial charge < -0.3 is 9.73 Å². The number of likely N-dealkylation sites (tertiary alicyclic amines) is 1. The molecule has 0 bridgehead atoms. The molecule has 2 fully saturated rings. The van der Waals surface area contributed by atoms with Crippen molar-refractivity contribution in [3.63, 3.8) is 0 Å². The molecule has 5 nitrogen and oxygen atoms in total. The number of hydrogen-bond acceptors (Lipinski definition) is 5. The first-order valence-corrected chi connectivity index (χ1v) is 6.09. The standard InChI is InChI=1S/C11H18N4O/c1-2-10-13-14-11(16-10)7-15-5-8-3-12-4-9(8)6-15/h8-9,12H,2-7H2,1H3. The summed E-state index contributed by atoms with van der Waals surface area (Å²) in [6.07, 6.45) is 0.822. The molecular formula is C11H18N4O. The lowest BCUT2D eigenvalue weighted by Crippen LogP contribution is -2.25. The molecule has 2 aliphatic rings. The van der Waals surface area contributed by atoms with E-state index in [2.05, 4.69) is 20.4 Å². The van der Waals surface area contributed by atoms with Gasteiger partial charge >= 0.3 is 0 Å². The summed E-state index contributed by atoms with van der Waals surface area (Å²) in [4.78, 5) is 2.43. The smallest absolute Gasteiger partial charge is 0.230 e. The Kier molecular flexibility index (Phi) is 2.65. The highest BCUT2D eigenvalue weighted by Gasteiger charge is 2.36. The van der Waals surface area contributed by atoms with Gasteiger partial charge in [0.1, 0.15) is 0 Å². The maximum Gasteiger partial charge on any atom is 0.230 e. The van der Waals surface area contributed by atoms with Crippen LogP contribution in [0, 0.1) is 11.8 Å². The Morgan fingerprint density at radius 1 is 1.25 bits per heavy atom. The van der Waals surface area contributed by atoms with Crippen molar-refractivity contribution in [2.75, 3.05) is 26.2 Å². The van der Waals surface area contributed by atoms with Gasteiger partial charge in [-0.25, -0.2) is 0 Å². The van der Waals surface area contributed by atoms with Crippen LogP contribution >= 0.6 is 0 Å². The van der Waals surface area contributed by atoms with Crippen LogP contribution in [0.5, 0.6) is 0 Å². The third-order valence-corrected chi connectivity index (χ3v) is 3.64. The summed E-state index contributed by atoms with van der Waals surface area (Å²) in [7, 11) is 0. The van der Waals surface area contributed by atoms with E-state index in [-0.39, 0.29) is 0 Å². The van der Waals surface area contributed by atoms with Crippen molar-refractivity contribution in [1.82, 2.24) is 20.4 Å². The number of fused-ring (bicyclic) bond motifs is 1. The number of rotatable bonds is 3. The van der Waals surface area contributed by atoms with Gasteiger partial charge in [-0.1, -0.05) is 6.92 Å². The Hall–Kier alpha value is -0.940. The fourth-order valence-corrected chi connectivity index (χ4v) is 2.77. The maximum absolute atomic E-state index is 5.54. The molecule has 2 aliphatic heterocycles. The summed E-state index contributed by atoms with van der Waals surface area (Å²) in [5.74, 6) is 3.17. The Morgan fingerprint density at radius 2 is 1.94 bits per heavy atom. The Bertz CT molecular complexity index is 353. The van der Waals surface area contributed by atoms with Gasteiger partial charge in [0, 0.05) is 19.5 Å². The monoisotopic (exact) mass is 222 g/mol. The summed E-state index contributed by atoms with van der Waals surface area (Å²) < 4.78 is 5.54. The van der Waals surface area contributed by atoms with E-state index in [1.54, 1.807) is 0 Å². The Labute approximate surface area is 95.2 Å². The molecule has 5 heteroatoms. The van der Waals surface area contributed by atoms with Crippen molar-refractivity contribution in [1.29, 1.82) is 0 Å². The van der Waals surface area contributed by atoms with E-state index < -0.39 is 0 Å². The molecule has 1 N–H and O–H groups in total. The van der Waals surface area contributed by atoms with E-state index in [9.17, 15) is 0 Å². The van der Waals surface area contributed by atoms with Gasteiger partial charge in [0.25, 0.3) is 0 Å². The first-order chi connectivity index (χ1) is 7.85. The first kappa shape index (κ1) is 10.2. The zero-order valence-electron chi connectivity index (χ0n) is 9.65. The van der Waals surface area contributed by atoms with E-state index >= 15 is 0 Å².